The van der Waals surface area contributed by atoms with Crippen molar-refractivity contribution in [3.05, 3.63) is 63.4 Å². The summed E-state index contributed by atoms with van der Waals surface area (Å²) < 4.78 is 14.9. The fraction of sp³-hybridized carbons (Fsp3) is 0.188. The van der Waals surface area contributed by atoms with E-state index < -0.39 is 11.7 Å². The number of benzene rings is 2. The predicted molar refractivity (Wildman–Crippen MR) is 82.6 cm³/mol. The lowest BCUT2D eigenvalue weighted by Gasteiger charge is -2.11. The Kier molecular flexibility index (Phi) is 4.55. The van der Waals surface area contributed by atoms with Crippen LogP contribution in [0.4, 0.5) is 10.1 Å². The normalized spacial score (nSPS) is 10.4. The molecule has 0 atom stereocenters. The number of amides is 1. The van der Waals surface area contributed by atoms with Gasteiger partial charge in [-0.25, -0.2) is 4.39 Å². The molecule has 2 rings (SSSR count). The third kappa shape index (κ3) is 3.07. The molecule has 2 aromatic carbocycles. The maximum atomic E-state index is 13.9. The third-order valence-electron chi connectivity index (χ3n) is 3.13. The van der Waals surface area contributed by atoms with Crippen molar-refractivity contribution >= 4 is 27.5 Å². The molecular weight excluding hydrogens is 321 g/mol. The zero-order valence-electron chi connectivity index (χ0n) is 11.3. The minimum atomic E-state index is -0.472. The lowest BCUT2D eigenvalue weighted by molar-refractivity contribution is 0.102. The standard InChI is InChI=1S/C16H15BrFNO/c1-3-11-9-12(17)7-8-14(11)19-16(20)13-6-4-5-10(2)15(13)18/h4-9H,3H2,1-2H3,(H,19,20). The first-order valence-electron chi connectivity index (χ1n) is 6.37. The topological polar surface area (TPSA) is 29.1 Å². The lowest BCUT2D eigenvalue weighted by atomic mass is 10.1. The van der Waals surface area contributed by atoms with Crippen LogP contribution >= 0.6 is 15.9 Å². The molecular formula is C16H15BrFNO. The van der Waals surface area contributed by atoms with Crippen LogP contribution in [-0.2, 0) is 6.42 Å². The van der Waals surface area contributed by atoms with Crippen molar-refractivity contribution in [1.82, 2.24) is 0 Å². The van der Waals surface area contributed by atoms with E-state index in [4.69, 9.17) is 0 Å². The zero-order chi connectivity index (χ0) is 14.7. The quantitative estimate of drug-likeness (QED) is 0.864. The largest absolute Gasteiger partial charge is 0.322 e. The van der Waals surface area contributed by atoms with Gasteiger partial charge in [0.2, 0.25) is 0 Å². The first kappa shape index (κ1) is 14.7. The van der Waals surface area contributed by atoms with Crippen LogP contribution in [0.3, 0.4) is 0 Å². The van der Waals surface area contributed by atoms with Gasteiger partial charge in [0.05, 0.1) is 5.56 Å². The van der Waals surface area contributed by atoms with Crippen LogP contribution in [-0.4, -0.2) is 5.91 Å². The second kappa shape index (κ2) is 6.18. The highest BCUT2D eigenvalue weighted by atomic mass is 79.9. The van der Waals surface area contributed by atoms with Gasteiger partial charge in [0, 0.05) is 10.2 Å². The molecule has 0 unspecified atom stereocenters. The molecule has 0 saturated heterocycles. The van der Waals surface area contributed by atoms with Gasteiger partial charge in [-0.2, -0.15) is 0 Å². The fourth-order valence-corrected chi connectivity index (χ4v) is 2.40. The van der Waals surface area contributed by atoms with E-state index in [-0.39, 0.29) is 5.56 Å². The Balaban J connectivity index is 2.30. The molecule has 20 heavy (non-hydrogen) atoms. The van der Waals surface area contributed by atoms with Crippen LogP contribution in [0.15, 0.2) is 40.9 Å². The van der Waals surface area contributed by atoms with Gasteiger partial charge < -0.3 is 5.32 Å². The highest BCUT2D eigenvalue weighted by molar-refractivity contribution is 9.10. The molecule has 2 nitrogen and oxygen atoms in total. The first-order valence-corrected chi connectivity index (χ1v) is 7.17. The Bertz CT molecular complexity index is 655. The fourth-order valence-electron chi connectivity index (χ4n) is 1.99. The first-order chi connectivity index (χ1) is 9.52. The monoisotopic (exact) mass is 335 g/mol. The van der Waals surface area contributed by atoms with Crippen molar-refractivity contribution in [3.63, 3.8) is 0 Å². The molecule has 0 saturated carbocycles. The van der Waals surface area contributed by atoms with Crippen LogP contribution in [0.5, 0.6) is 0 Å². The summed E-state index contributed by atoms with van der Waals surface area (Å²) in [6.45, 7) is 3.65. The number of anilines is 1. The van der Waals surface area contributed by atoms with Gasteiger partial charge in [-0.3, -0.25) is 4.79 Å². The minimum absolute atomic E-state index is 0.0648. The minimum Gasteiger partial charge on any atom is -0.322 e. The molecule has 0 bridgehead atoms. The van der Waals surface area contributed by atoms with E-state index in [1.54, 1.807) is 19.1 Å². The third-order valence-corrected chi connectivity index (χ3v) is 3.63. The number of hydrogen-bond acceptors (Lipinski definition) is 1. The van der Waals surface area contributed by atoms with Crippen molar-refractivity contribution in [1.29, 1.82) is 0 Å². The van der Waals surface area contributed by atoms with Gasteiger partial charge >= 0.3 is 0 Å². The molecule has 0 spiro atoms. The van der Waals surface area contributed by atoms with Gasteiger partial charge in [-0.05, 0) is 48.7 Å². The Morgan fingerprint density at radius 2 is 2.05 bits per heavy atom. The summed E-state index contributed by atoms with van der Waals surface area (Å²) in [5.74, 6) is -0.900. The van der Waals surface area contributed by atoms with E-state index >= 15 is 0 Å². The van der Waals surface area contributed by atoms with E-state index in [2.05, 4.69) is 21.2 Å². The second-order valence-corrected chi connectivity index (χ2v) is 5.46. The molecule has 1 amide bonds. The number of halogens is 2. The Hall–Kier alpha value is -1.68. The van der Waals surface area contributed by atoms with Gasteiger partial charge in [-0.15, -0.1) is 0 Å². The van der Waals surface area contributed by atoms with Crippen molar-refractivity contribution in [2.75, 3.05) is 5.32 Å². The number of nitrogens with one attached hydrogen (secondary N) is 1. The average molecular weight is 336 g/mol. The molecule has 0 fully saturated rings. The maximum Gasteiger partial charge on any atom is 0.258 e. The second-order valence-electron chi connectivity index (χ2n) is 4.55. The van der Waals surface area contributed by atoms with E-state index in [9.17, 15) is 9.18 Å². The van der Waals surface area contributed by atoms with E-state index in [1.165, 1.54) is 6.07 Å². The highest BCUT2D eigenvalue weighted by Crippen LogP contribution is 2.23. The summed E-state index contributed by atoms with van der Waals surface area (Å²) >= 11 is 3.40. The van der Waals surface area contributed by atoms with Crippen LogP contribution in [0.2, 0.25) is 0 Å². The van der Waals surface area contributed by atoms with Crippen molar-refractivity contribution in [3.8, 4) is 0 Å². The summed E-state index contributed by atoms with van der Waals surface area (Å²) in [4.78, 5) is 12.2. The molecule has 0 radical (unpaired) electrons. The van der Waals surface area contributed by atoms with Crippen molar-refractivity contribution in [2.45, 2.75) is 20.3 Å². The number of hydrogen-bond donors (Lipinski definition) is 1. The molecule has 0 aliphatic heterocycles. The van der Waals surface area contributed by atoms with Gasteiger partial charge in [0.25, 0.3) is 5.91 Å². The van der Waals surface area contributed by atoms with Gasteiger partial charge in [0.15, 0.2) is 0 Å². The van der Waals surface area contributed by atoms with E-state index in [0.717, 1.165) is 16.5 Å². The summed E-state index contributed by atoms with van der Waals surface area (Å²) in [6, 6.07) is 10.4. The SMILES string of the molecule is CCc1cc(Br)ccc1NC(=O)c1cccc(C)c1F. The molecule has 1 N–H and O–H groups in total. The van der Waals surface area contributed by atoms with Gasteiger partial charge in [-0.1, -0.05) is 35.0 Å². The van der Waals surface area contributed by atoms with E-state index in [0.29, 0.717) is 11.3 Å². The van der Waals surface area contributed by atoms with Crippen molar-refractivity contribution in [2.24, 2.45) is 0 Å². The zero-order valence-corrected chi connectivity index (χ0v) is 12.9. The maximum absolute atomic E-state index is 13.9. The molecule has 0 aliphatic rings. The molecule has 2 aromatic rings. The summed E-state index contributed by atoms with van der Waals surface area (Å²) in [5, 5.41) is 2.77. The summed E-state index contributed by atoms with van der Waals surface area (Å²) in [6.07, 6.45) is 0.783. The average Bonchev–Trinajstić information content (AvgIpc) is 2.43. The smallest absolute Gasteiger partial charge is 0.258 e. The van der Waals surface area contributed by atoms with Crippen LogP contribution in [0.1, 0.15) is 28.4 Å². The predicted octanol–water partition coefficient (Wildman–Crippen LogP) is 4.71. The lowest BCUT2D eigenvalue weighted by Crippen LogP contribution is -2.15. The molecule has 104 valence electrons. The molecule has 4 heteroatoms. The number of rotatable bonds is 3. The number of aryl methyl sites for hydroxylation is 2. The Morgan fingerprint density at radius 3 is 2.75 bits per heavy atom. The van der Waals surface area contributed by atoms with Crippen molar-refractivity contribution < 1.29 is 9.18 Å². The molecule has 0 heterocycles. The molecule has 0 aliphatic carbocycles. The number of carbonyl (C=O) groups excluding carboxylic acids is 1. The van der Waals surface area contributed by atoms with E-state index in [1.807, 2.05) is 25.1 Å². The molecule has 0 aromatic heterocycles. The summed E-state index contributed by atoms with van der Waals surface area (Å²) in [5.41, 5.74) is 2.24. The highest BCUT2D eigenvalue weighted by Gasteiger charge is 2.14. The Labute approximate surface area is 126 Å². The van der Waals surface area contributed by atoms with Crippen LogP contribution < -0.4 is 5.32 Å². The van der Waals surface area contributed by atoms with Crippen LogP contribution in [0, 0.1) is 12.7 Å². The van der Waals surface area contributed by atoms with Gasteiger partial charge in [0.1, 0.15) is 5.82 Å². The number of carbonyl (C=O) groups is 1. The summed E-state index contributed by atoms with van der Waals surface area (Å²) in [7, 11) is 0. The van der Waals surface area contributed by atoms with Crippen LogP contribution in [0.25, 0.3) is 0 Å². The Morgan fingerprint density at radius 1 is 1.30 bits per heavy atom.